The van der Waals surface area contributed by atoms with Crippen LogP contribution < -0.4 is 0 Å². The van der Waals surface area contributed by atoms with E-state index in [1.165, 1.54) is 0 Å². The van der Waals surface area contributed by atoms with Crippen molar-refractivity contribution in [1.29, 1.82) is 0 Å². The molecule has 5 heteroatoms. The number of hydrogen-bond acceptors (Lipinski definition) is 2. The van der Waals surface area contributed by atoms with Crippen LogP contribution in [0, 0.1) is 0 Å². The summed E-state index contributed by atoms with van der Waals surface area (Å²) in [5, 5.41) is 5.61. The Morgan fingerprint density at radius 3 is 2.38 bits per heavy atom. The molecule has 2 aromatic carbocycles. The second-order valence-corrected chi connectivity index (χ2v) is 6.38. The number of ketones is 1. The first-order chi connectivity index (χ1) is 11.6. The Morgan fingerprint density at radius 1 is 1.08 bits per heavy atom. The zero-order chi connectivity index (χ0) is 17.1. The molecule has 0 aliphatic carbocycles. The van der Waals surface area contributed by atoms with E-state index < -0.39 is 0 Å². The summed E-state index contributed by atoms with van der Waals surface area (Å²) in [5.41, 5.74) is 2.51. The van der Waals surface area contributed by atoms with Crippen molar-refractivity contribution in [2.75, 3.05) is 0 Å². The van der Waals surface area contributed by atoms with Crippen LogP contribution in [0.4, 0.5) is 0 Å². The van der Waals surface area contributed by atoms with E-state index in [9.17, 15) is 4.79 Å². The Hall–Kier alpha value is -2.10. The lowest BCUT2D eigenvalue weighted by Gasteiger charge is -2.04. The summed E-state index contributed by atoms with van der Waals surface area (Å²) in [6, 6.07) is 14.4. The summed E-state index contributed by atoms with van der Waals surface area (Å²) in [6.07, 6.45) is 2.72. The lowest BCUT2D eigenvalue weighted by Crippen LogP contribution is -2.01. The van der Waals surface area contributed by atoms with E-state index in [1.807, 2.05) is 18.2 Å². The number of hydrogen-bond donors (Lipinski definition) is 0. The number of aromatic nitrogens is 2. The zero-order valence-electron chi connectivity index (χ0n) is 13.2. The minimum atomic E-state index is -0.0657. The molecule has 0 fully saturated rings. The lowest BCUT2D eigenvalue weighted by atomic mass is 10.0. The van der Waals surface area contributed by atoms with E-state index in [-0.39, 0.29) is 5.78 Å². The van der Waals surface area contributed by atoms with Gasteiger partial charge in [0.25, 0.3) is 0 Å². The molecule has 0 amide bonds. The predicted octanol–water partition coefficient (Wildman–Crippen LogP) is 5.50. The molecule has 24 heavy (non-hydrogen) atoms. The van der Waals surface area contributed by atoms with Gasteiger partial charge >= 0.3 is 0 Å². The van der Waals surface area contributed by atoms with Crippen LogP contribution in [-0.2, 0) is 6.54 Å². The van der Waals surface area contributed by atoms with E-state index in [2.05, 4.69) is 12.0 Å². The molecular formula is C19H16Cl2N2O. The maximum Gasteiger partial charge on any atom is 0.196 e. The van der Waals surface area contributed by atoms with Crippen molar-refractivity contribution in [2.45, 2.75) is 19.9 Å². The van der Waals surface area contributed by atoms with Gasteiger partial charge in [-0.15, -0.1) is 0 Å². The molecule has 1 aromatic heterocycles. The molecule has 0 radical (unpaired) electrons. The highest BCUT2D eigenvalue weighted by Gasteiger charge is 2.19. The molecule has 0 spiro atoms. The fourth-order valence-corrected chi connectivity index (χ4v) is 3.11. The first kappa shape index (κ1) is 16.7. The zero-order valence-corrected chi connectivity index (χ0v) is 14.7. The first-order valence-electron chi connectivity index (χ1n) is 7.72. The molecule has 1 heterocycles. The Balaban J connectivity index is 2.13. The highest BCUT2D eigenvalue weighted by atomic mass is 35.5. The van der Waals surface area contributed by atoms with Gasteiger partial charge in [0, 0.05) is 33.9 Å². The smallest absolute Gasteiger partial charge is 0.196 e. The third-order valence-electron chi connectivity index (χ3n) is 3.63. The molecule has 0 aliphatic rings. The van der Waals surface area contributed by atoms with Crippen LogP contribution in [0.3, 0.4) is 0 Å². The fourth-order valence-electron chi connectivity index (χ4n) is 2.58. The van der Waals surface area contributed by atoms with Crippen LogP contribution in [0.2, 0.25) is 10.0 Å². The molecule has 122 valence electrons. The summed E-state index contributed by atoms with van der Waals surface area (Å²) in [6.45, 7) is 2.81. The van der Waals surface area contributed by atoms with Crippen LogP contribution in [0.5, 0.6) is 0 Å². The van der Waals surface area contributed by atoms with E-state index in [1.54, 1.807) is 41.2 Å². The van der Waals surface area contributed by atoms with Crippen molar-refractivity contribution in [3.63, 3.8) is 0 Å². The second kappa shape index (κ2) is 7.20. The van der Waals surface area contributed by atoms with Crippen molar-refractivity contribution in [1.82, 2.24) is 9.78 Å². The first-order valence-corrected chi connectivity index (χ1v) is 8.47. The average Bonchev–Trinajstić information content (AvgIpc) is 2.98. The van der Waals surface area contributed by atoms with Gasteiger partial charge in [-0.2, -0.15) is 5.10 Å². The molecule has 0 unspecified atom stereocenters. The Kier molecular flexibility index (Phi) is 5.03. The molecule has 0 saturated carbocycles. The number of aryl methyl sites for hydroxylation is 1. The molecular weight excluding hydrogens is 343 g/mol. The molecule has 0 saturated heterocycles. The van der Waals surface area contributed by atoms with Crippen LogP contribution in [0.25, 0.3) is 11.3 Å². The fraction of sp³-hybridized carbons (Fsp3) is 0.158. The standard InChI is InChI=1S/C19H16Cl2N2O/c1-2-8-23-12-17(19(24)13-6-4-3-5-7-13)18(22-23)14-9-15(20)11-16(21)10-14/h3-7,9-12H,2,8H2,1H3. The van der Waals surface area contributed by atoms with Gasteiger partial charge in [0.2, 0.25) is 0 Å². The predicted molar refractivity (Wildman–Crippen MR) is 97.8 cm³/mol. The summed E-state index contributed by atoms with van der Waals surface area (Å²) in [7, 11) is 0. The molecule has 0 atom stereocenters. The summed E-state index contributed by atoms with van der Waals surface area (Å²) >= 11 is 12.2. The minimum absolute atomic E-state index is 0.0657. The van der Waals surface area contributed by atoms with Crippen LogP contribution >= 0.6 is 23.2 Å². The third-order valence-corrected chi connectivity index (χ3v) is 4.07. The van der Waals surface area contributed by atoms with Crippen molar-refractivity contribution in [3.05, 3.63) is 75.9 Å². The SMILES string of the molecule is CCCn1cc(C(=O)c2ccccc2)c(-c2cc(Cl)cc(Cl)c2)n1. The largest absolute Gasteiger partial charge is 0.288 e. The number of halogens is 2. The average molecular weight is 359 g/mol. The van der Waals surface area contributed by atoms with Gasteiger partial charge in [-0.3, -0.25) is 9.48 Å². The molecule has 3 aromatic rings. The summed E-state index contributed by atoms with van der Waals surface area (Å²) < 4.78 is 1.79. The van der Waals surface area contributed by atoms with Crippen molar-refractivity contribution >= 4 is 29.0 Å². The summed E-state index contributed by atoms with van der Waals surface area (Å²) in [5.74, 6) is -0.0657. The third kappa shape index (κ3) is 3.53. The highest BCUT2D eigenvalue weighted by molar-refractivity contribution is 6.35. The van der Waals surface area contributed by atoms with Crippen molar-refractivity contribution in [3.8, 4) is 11.3 Å². The van der Waals surface area contributed by atoms with Crippen molar-refractivity contribution in [2.24, 2.45) is 0 Å². The van der Waals surface area contributed by atoms with Crippen LogP contribution in [0.1, 0.15) is 29.3 Å². The maximum absolute atomic E-state index is 12.9. The van der Waals surface area contributed by atoms with E-state index >= 15 is 0 Å². The Labute approximate surface area is 150 Å². The molecule has 3 rings (SSSR count). The quantitative estimate of drug-likeness (QED) is 0.564. The number of rotatable bonds is 5. The van der Waals surface area contributed by atoms with Gasteiger partial charge in [-0.1, -0.05) is 60.5 Å². The highest BCUT2D eigenvalue weighted by Crippen LogP contribution is 2.30. The van der Waals surface area contributed by atoms with Crippen LogP contribution in [-0.4, -0.2) is 15.6 Å². The van der Waals surface area contributed by atoms with Crippen molar-refractivity contribution < 1.29 is 4.79 Å². The van der Waals surface area contributed by atoms with Crippen LogP contribution in [0.15, 0.2) is 54.7 Å². The van der Waals surface area contributed by atoms with E-state index in [0.29, 0.717) is 26.9 Å². The van der Waals surface area contributed by atoms with Gasteiger partial charge < -0.3 is 0 Å². The molecule has 0 bridgehead atoms. The molecule has 0 N–H and O–H groups in total. The van der Waals surface area contributed by atoms with Gasteiger partial charge in [0.1, 0.15) is 5.69 Å². The Morgan fingerprint density at radius 2 is 1.75 bits per heavy atom. The van der Waals surface area contributed by atoms with Gasteiger partial charge in [0.15, 0.2) is 5.78 Å². The van der Waals surface area contributed by atoms with Gasteiger partial charge in [-0.25, -0.2) is 0 Å². The van der Waals surface area contributed by atoms with E-state index in [0.717, 1.165) is 18.5 Å². The Bertz CT molecular complexity index is 852. The number of benzene rings is 2. The summed E-state index contributed by atoms with van der Waals surface area (Å²) in [4.78, 5) is 12.9. The maximum atomic E-state index is 12.9. The van der Waals surface area contributed by atoms with Gasteiger partial charge in [0.05, 0.1) is 5.56 Å². The molecule has 3 nitrogen and oxygen atoms in total. The molecule has 0 aliphatic heterocycles. The lowest BCUT2D eigenvalue weighted by molar-refractivity contribution is 0.103. The monoisotopic (exact) mass is 358 g/mol. The number of carbonyl (C=O) groups excluding carboxylic acids is 1. The normalized spacial score (nSPS) is 10.8. The second-order valence-electron chi connectivity index (χ2n) is 5.51. The van der Waals surface area contributed by atoms with E-state index in [4.69, 9.17) is 23.2 Å². The number of nitrogens with zero attached hydrogens (tertiary/aromatic N) is 2. The van der Waals surface area contributed by atoms with Gasteiger partial charge in [-0.05, 0) is 24.6 Å². The topological polar surface area (TPSA) is 34.9 Å². The minimum Gasteiger partial charge on any atom is -0.288 e. The number of carbonyl (C=O) groups is 1.